The average Bonchev–Trinajstić information content (AvgIpc) is 2.78. The van der Waals surface area contributed by atoms with Crippen molar-refractivity contribution in [1.29, 1.82) is 0 Å². The van der Waals surface area contributed by atoms with Crippen molar-refractivity contribution in [2.75, 3.05) is 26.7 Å². The van der Waals surface area contributed by atoms with E-state index in [1.54, 1.807) is 18.0 Å². The molecule has 2 fully saturated rings. The Morgan fingerprint density at radius 3 is 2.74 bits per heavy atom. The molecule has 0 aliphatic carbocycles. The van der Waals surface area contributed by atoms with Crippen LogP contribution >= 0.6 is 0 Å². The van der Waals surface area contributed by atoms with Gasteiger partial charge in [0.1, 0.15) is 5.82 Å². The summed E-state index contributed by atoms with van der Waals surface area (Å²) in [7, 11) is 1.70. The number of rotatable bonds is 4. The molecule has 1 unspecified atom stereocenters. The summed E-state index contributed by atoms with van der Waals surface area (Å²) in [5.41, 5.74) is 0.389. The van der Waals surface area contributed by atoms with Crippen molar-refractivity contribution in [2.45, 2.75) is 25.4 Å². The molecule has 6 heteroatoms. The summed E-state index contributed by atoms with van der Waals surface area (Å²) in [5.74, 6) is -0.318. The van der Waals surface area contributed by atoms with E-state index in [2.05, 4.69) is 0 Å². The van der Waals surface area contributed by atoms with Gasteiger partial charge in [0.05, 0.1) is 19.6 Å². The summed E-state index contributed by atoms with van der Waals surface area (Å²) >= 11 is 0. The highest BCUT2D eigenvalue weighted by Gasteiger charge is 2.54. The van der Waals surface area contributed by atoms with Crippen molar-refractivity contribution >= 4 is 12.0 Å². The first-order valence-corrected chi connectivity index (χ1v) is 7.86. The van der Waals surface area contributed by atoms with Crippen molar-refractivity contribution in [2.24, 2.45) is 5.92 Å². The smallest absolute Gasteiger partial charge is 0.410 e. The van der Waals surface area contributed by atoms with Crippen LogP contribution in [0.3, 0.4) is 0 Å². The van der Waals surface area contributed by atoms with Crippen LogP contribution in [-0.2, 0) is 16.0 Å². The standard InChI is InChI=1S/C17H21FN2O3/c1-12(6-7-13-4-3-5-14(18)8-13)15(21)20-10-17(11-20)9-19(2)16(22)23-17/h3-5,8,12H,6-7,9-11H2,1-2H3. The Bertz CT molecular complexity index is 628. The van der Waals surface area contributed by atoms with Crippen molar-refractivity contribution < 1.29 is 18.7 Å². The van der Waals surface area contributed by atoms with Gasteiger partial charge in [-0.3, -0.25) is 4.79 Å². The van der Waals surface area contributed by atoms with Crippen LogP contribution in [0.4, 0.5) is 9.18 Å². The first-order valence-electron chi connectivity index (χ1n) is 7.86. The number of carbonyl (C=O) groups excluding carboxylic acids is 2. The van der Waals surface area contributed by atoms with Gasteiger partial charge in [-0.1, -0.05) is 19.1 Å². The van der Waals surface area contributed by atoms with E-state index < -0.39 is 5.60 Å². The maximum Gasteiger partial charge on any atom is 0.410 e. The minimum atomic E-state index is -0.510. The maximum absolute atomic E-state index is 13.2. The van der Waals surface area contributed by atoms with Crippen molar-refractivity contribution in [3.8, 4) is 0 Å². The minimum Gasteiger partial charge on any atom is -0.437 e. The molecule has 0 bridgehead atoms. The van der Waals surface area contributed by atoms with E-state index in [4.69, 9.17) is 4.74 Å². The van der Waals surface area contributed by atoms with Crippen molar-refractivity contribution in [3.63, 3.8) is 0 Å². The Morgan fingerprint density at radius 2 is 2.13 bits per heavy atom. The summed E-state index contributed by atoms with van der Waals surface area (Å²) < 4.78 is 18.5. The summed E-state index contributed by atoms with van der Waals surface area (Å²) in [6, 6.07) is 6.47. The number of nitrogens with zero attached hydrogens (tertiary/aromatic N) is 2. The molecule has 0 radical (unpaired) electrons. The highest BCUT2D eigenvalue weighted by atomic mass is 19.1. The summed E-state index contributed by atoms with van der Waals surface area (Å²) in [6.07, 6.45) is 1.02. The quantitative estimate of drug-likeness (QED) is 0.853. The van der Waals surface area contributed by atoms with Crippen LogP contribution in [-0.4, -0.2) is 54.1 Å². The predicted octanol–water partition coefficient (Wildman–Crippen LogP) is 2.06. The number of hydrogen-bond acceptors (Lipinski definition) is 3. The van der Waals surface area contributed by atoms with E-state index in [0.717, 1.165) is 5.56 Å². The monoisotopic (exact) mass is 320 g/mol. The molecule has 5 nitrogen and oxygen atoms in total. The lowest BCUT2D eigenvalue weighted by Crippen LogP contribution is -2.66. The highest BCUT2D eigenvalue weighted by molar-refractivity contribution is 5.80. The molecular formula is C17H21FN2O3. The molecule has 2 saturated heterocycles. The van der Waals surface area contributed by atoms with Gasteiger partial charge in [-0.15, -0.1) is 0 Å². The SMILES string of the molecule is CC(CCc1cccc(F)c1)C(=O)N1CC2(CN(C)C(=O)O2)C1. The molecule has 1 spiro atoms. The average molecular weight is 320 g/mol. The molecule has 124 valence electrons. The molecule has 2 amide bonds. The largest absolute Gasteiger partial charge is 0.437 e. The molecule has 1 aromatic carbocycles. The number of carbonyl (C=O) groups is 2. The number of halogens is 1. The van der Waals surface area contributed by atoms with Gasteiger partial charge in [0, 0.05) is 13.0 Å². The van der Waals surface area contributed by atoms with Gasteiger partial charge < -0.3 is 14.5 Å². The third kappa shape index (κ3) is 3.16. The number of hydrogen-bond donors (Lipinski definition) is 0. The molecule has 3 rings (SSSR count). The third-order valence-corrected chi connectivity index (χ3v) is 4.59. The molecule has 2 aliphatic heterocycles. The fourth-order valence-corrected chi connectivity index (χ4v) is 3.27. The van der Waals surface area contributed by atoms with Crippen LogP contribution in [0.25, 0.3) is 0 Å². The molecule has 2 aliphatic rings. The van der Waals surface area contributed by atoms with Crippen LogP contribution in [0.15, 0.2) is 24.3 Å². The summed E-state index contributed by atoms with van der Waals surface area (Å²) in [4.78, 5) is 27.1. The van der Waals surface area contributed by atoms with Crippen LogP contribution in [0, 0.1) is 11.7 Å². The Morgan fingerprint density at radius 1 is 1.39 bits per heavy atom. The first kappa shape index (κ1) is 15.8. The zero-order valence-corrected chi connectivity index (χ0v) is 13.4. The number of benzene rings is 1. The van der Waals surface area contributed by atoms with E-state index in [1.165, 1.54) is 17.0 Å². The normalized spacial score (nSPS) is 20.4. The van der Waals surface area contributed by atoms with E-state index in [1.807, 2.05) is 13.0 Å². The molecule has 0 aromatic heterocycles. The molecule has 2 heterocycles. The van der Waals surface area contributed by atoms with Gasteiger partial charge in [0.25, 0.3) is 0 Å². The Balaban J connectivity index is 1.49. The van der Waals surface area contributed by atoms with Gasteiger partial charge in [-0.2, -0.15) is 0 Å². The molecule has 23 heavy (non-hydrogen) atoms. The number of likely N-dealkylation sites (N-methyl/N-ethyl adjacent to an activating group) is 1. The van der Waals surface area contributed by atoms with Crippen molar-refractivity contribution in [3.05, 3.63) is 35.6 Å². The molecule has 1 aromatic rings. The third-order valence-electron chi connectivity index (χ3n) is 4.59. The van der Waals surface area contributed by atoms with E-state index in [9.17, 15) is 14.0 Å². The minimum absolute atomic E-state index is 0.0673. The lowest BCUT2D eigenvalue weighted by Gasteiger charge is -2.46. The molecule has 0 N–H and O–H groups in total. The number of likely N-dealkylation sites (tertiary alicyclic amines) is 1. The number of amides is 2. The second-order valence-corrected chi connectivity index (χ2v) is 6.67. The predicted molar refractivity (Wildman–Crippen MR) is 82.3 cm³/mol. The fraction of sp³-hybridized carbons (Fsp3) is 0.529. The zero-order valence-electron chi connectivity index (χ0n) is 13.4. The lowest BCUT2D eigenvalue weighted by atomic mass is 9.91. The Labute approximate surface area is 135 Å². The van der Waals surface area contributed by atoms with E-state index >= 15 is 0 Å². The van der Waals surface area contributed by atoms with Gasteiger partial charge >= 0.3 is 6.09 Å². The fourth-order valence-electron chi connectivity index (χ4n) is 3.27. The Kier molecular flexibility index (Phi) is 4.00. The second kappa shape index (κ2) is 5.83. The summed E-state index contributed by atoms with van der Waals surface area (Å²) in [6.45, 7) is 3.35. The van der Waals surface area contributed by atoms with Gasteiger partial charge in [0.15, 0.2) is 5.60 Å². The summed E-state index contributed by atoms with van der Waals surface area (Å²) in [5, 5.41) is 0. The van der Waals surface area contributed by atoms with Crippen LogP contribution < -0.4 is 0 Å². The lowest BCUT2D eigenvalue weighted by molar-refractivity contribution is -0.154. The van der Waals surface area contributed by atoms with Crippen LogP contribution in [0.5, 0.6) is 0 Å². The highest BCUT2D eigenvalue weighted by Crippen LogP contribution is 2.32. The van der Waals surface area contributed by atoms with Gasteiger partial charge in [0.2, 0.25) is 5.91 Å². The van der Waals surface area contributed by atoms with Crippen LogP contribution in [0.2, 0.25) is 0 Å². The van der Waals surface area contributed by atoms with E-state index in [0.29, 0.717) is 32.5 Å². The van der Waals surface area contributed by atoms with Gasteiger partial charge in [-0.25, -0.2) is 9.18 Å². The van der Waals surface area contributed by atoms with E-state index in [-0.39, 0.29) is 23.7 Å². The van der Waals surface area contributed by atoms with Crippen molar-refractivity contribution in [1.82, 2.24) is 9.80 Å². The second-order valence-electron chi connectivity index (χ2n) is 6.67. The topological polar surface area (TPSA) is 49.9 Å². The molecule has 0 saturated carbocycles. The molecule has 1 atom stereocenters. The maximum atomic E-state index is 13.2. The van der Waals surface area contributed by atoms with Crippen LogP contribution in [0.1, 0.15) is 18.9 Å². The first-order chi connectivity index (χ1) is 10.9. The molecular weight excluding hydrogens is 299 g/mol. The number of aryl methyl sites for hydroxylation is 1. The van der Waals surface area contributed by atoms with Gasteiger partial charge in [-0.05, 0) is 30.5 Å². The number of ether oxygens (including phenoxy) is 1. The zero-order chi connectivity index (χ0) is 16.6. The Hall–Kier alpha value is -2.11.